The molecule has 1 aromatic heterocycles. The van der Waals surface area contributed by atoms with Crippen molar-refractivity contribution in [3.63, 3.8) is 0 Å². The van der Waals surface area contributed by atoms with Crippen LogP contribution in [-0.2, 0) is 11.2 Å². The second-order valence-corrected chi connectivity index (χ2v) is 6.68. The number of pyridine rings is 1. The highest BCUT2D eigenvalue weighted by Gasteiger charge is 2.28. The van der Waals surface area contributed by atoms with Crippen LogP contribution in [0.15, 0.2) is 42.6 Å². The molecular formula is C20H22N2O2. The number of carbonyl (C=O) groups excluding carboxylic acids is 1. The Bertz CT molecular complexity index is 724. The number of amides is 1. The SMILES string of the molecule is O=C(NC[C@H]1Cc2cccc(-c3ccccn3)c2O1)C1CCCC1. The third-order valence-electron chi connectivity index (χ3n) is 5.00. The normalized spacial score (nSPS) is 19.8. The average Bonchev–Trinajstić information content (AvgIpc) is 3.29. The highest BCUT2D eigenvalue weighted by atomic mass is 16.5. The zero-order valence-electron chi connectivity index (χ0n) is 13.7. The first-order valence-corrected chi connectivity index (χ1v) is 8.79. The Hall–Kier alpha value is -2.36. The number of fused-ring (bicyclic) bond motifs is 1. The van der Waals surface area contributed by atoms with Crippen molar-refractivity contribution in [1.82, 2.24) is 10.3 Å². The molecule has 1 aromatic carbocycles. The van der Waals surface area contributed by atoms with Gasteiger partial charge in [0.2, 0.25) is 5.91 Å². The zero-order valence-corrected chi connectivity index (χ0v) is 13.7. The number of ether oxygens (including phenoxy) is 1. The molecule has 0 radical (unpaired) electrons. The van der Waals surface area contributed by atoms with Gasteiger partial charge in [0.05, 0.1) is 12.2 Å². The Morgan fingerprint density at radius 3 is 2.83 bits per heavy atom. The molecule has 0 unspecified atom stereocenters. The van der Waals surface area contributed by atoms with Crippen LogP contribution in [0, 0.1) is 5.92 Å². The van der Waals surface area contributed by atoms with E-state index in [1.807, 2.05) is 30.3 Å². The van der Waals surface area contributed by atoms with Crippen molar-refractivity contribution in [2.75, 3.05) is 6.54 Å². The number of carbonyl (C=O) groups is 1. The third-order valence-corrected chi connectivity index (χ3v) is 5.00. The molecule has 124 valence electrons. The number of nitrogens with one attached hydrogen (secondary N) is 1. The summed E-state index contributed by atoms with van der Waals surface area (Å²) in [5, 5.41) is 3.08. The number of aromatic nitrogens is 1. The molecule has 0 bridgehead atoms. The summed E-state index contributed by atoms with van der Waals surface area (Å²) in [4.78, 5) is 16.6. The van der Waals surface area contributed by atoms with Crippen LogP contribution in [-0.4, -0.2) is 23.5 Å². The van der Waals surface area contributed by atoms with E-state index in [2.05, 4.69) is 16.4 Å². The van der Waals surface area contributed by atoms with Crippen molar-refractivity contribution in [2.24, 2.45) is 5.92 Å². The van der Waals surface area contributed by atoms with Crippen LogP contribution in [0.4, 0.5) is 0 Å². The highest BCUT2D eigenvalue weighted by Crippen LogP contribution is 2.37. The number of rotatable bonds is 4. The summed E-state index contributed by atoms with van der Waals surface area (Å²) in [5.41, 5.74) is 3.14. The molecule has 0 spiro atoms. The second kappa shape index (κ2) is 6.63. The topological polar surface area (TPSA) is 51.2 Å². The van der Waals surface area contributed by atoms with Gasteiger partial charge in [-0.05, 0) is 36.6 Å². The molecule has 1 aliphatic carbocycles. The van der Waals surface area contributed by atoms with Crippen LogP contribution < -0.4 is 10.1 Å². The molecule has 2 aromatic rings. The average molecular weight is 322 g/mol. The lowest BCUT2D eigenvalue weighted by atomic mass is 10.0. The number of benzene rings is 1. The lowest BCUT2D eigenvalue weighted by Gasteiger charge is -2.15. The summed E-state index contributed by atoms with van der Waals surface area (Å²) < 4.78 is 6.15. The van der Waals surface area contributed by atoms with E-state index >= 15 is 0 Å². The Morgan fingerprint density at radius 1 is 1.17 bits per heavy atom. The predicted octanol–water partition coefficient (Wildman–Crippen LogP) is 3.36. The molecule has 1 fully saturated rings. The van der Waals surface area contributed by atoms with Crippen molar-refractivity contribution in [2.45, 2.75) is 38.2 Å². The van der Waals surface area contributed by atoms with E-state index in [0.29, 0.717) is 6.54 Å². The van der Waals surface area contributed by atoms with E-state index in [1.165, 1.54) is 18.4 Å². The molecule has 1 amide bonds. The van der Waals surface area contributed by atoms with Crippen LogP contribution in [0.3, 0.4) is 0 Å². The van der Waals surface area contributed by atoms with Gasteiger partial charge in [-0.3, -0.25) is 9.78 Å². The van der Waals surface area contributed by atoms with Crippen LogP contribution >= 0.6 is 0 Å². The number of nitrogens with zero attached hydrogens (tertiary/aromatic N) is 1. The fourth-order valence-corrected chi connectivity index (χ4v) is 3.72. The van der Waals surface area contributed by atoms with Gasteiger partial charge in [0, 0.05) is 24.1 Å². The first kappa shape index (κ1) is 15.2. The van der Waals surface area contributed by atoms with E-state index < -0.39 is 0 Å². The van der Waals surface area contributed by atoms with Gasteiger partial charge in [0.15, 0.2) is 0 Å². The van der Waals surface area contributed by atoms with Gasteiger partial charge in [0.25, 0.3) is 0 Å². The largest absolute Gasteiger partial charge is 0.487 e. The number of para-hydroxylation sites is 1. The van der Waals surface area contributed by atoms with Gasteiger partial charge in [-0.15, -0.1) is 0 Å². The van der Waals surface area contributed by atoms with Gasteiger partial charge >= 0.3 is 0 Å². The number of hydrogen-bond acceptors (Lipinski definition) is 3. The maximum Gasteiger partial charge on any atom is 0.223 e. The molecule has 0 saturated heterocycles. The Morgan fingerprint density at radius 2 is 2.04 bits per heavy atom. The molecule has 1 saturated carbocycles. The fraction of sp³-hybridized carbons (Fsp3) is 0.400. The van der Waals surface area contributed by atoms with E-state index in [1.54, 1.807) is 6.20 Å². The van der Waals surface area contributed by atoms with Gasteiger partial charge in [0.1, 0.15) is 11.9 Å². The maximum atomic E-state index is 12.2. The lowest BCUT2D eigenvalue weighted by molar-refractivity contribution is -0.125. The van der Waals surface area contributed by atoms with Crippen molar-refractivity contribution < 1.29 is 9.53 Å². The van der Waals surface area contributed by atoms with Crippen molar-refractivity contribution in [3.8, 4) is 17.0 Å². The lowest BCUT2D eigenvalue weighted by Crippen LogP contribution is -2.37. The molecule has 4 rings (SSSR count). The smallest absolute Gasteiger partial charge is 0.223 e. The van der Waals surface area contributed by atoms with Crippen LogP contribution in [0.25, 0.3) is 11.3 Å². The van der Waals surface area contributed by atoms with Crippen LogP contribution in [0.5, 0.6) is 5.75 Å². The van der Waals surface area contributed by atoms with Gasteiger partial charge in [-0.25, -0.2) is 0 Å². The first-order chi connectivity index (χ1) is 11.8. The monoisotopic (exact) mass is 322 g/mol. The van der Waals surface area contributed by atoms with E-state index in [0.717, 1.165) is 36.3 Å². The van der Waals surface area contributed by atoms with Crippen LogP contribution in [0.2, 0.25) is 0 Å². The Labute approximate surface area is 142 Å². The maximum absolute atomic E-state index is 12.2. The minimum atomic E-state index is 0.00946. The Kier molecular flexibility index (Phi) is 4.20. The molecule has 2 aliphatic rings. The number of hydrogen-bond donors (Lipinski definition) is 1. The van der Waals surface area contributed by atoms with Gasteiger partial charge in [-0.1, -0.05) is 31.0 Å². The standard InChI is InChI=1S/C20H22N2O2/c23-20(14-6-1-2-7-14)22-13-16-12-15-8-5-9-17(19(15)24-16)18-10-3-4-11-21-18/h3-5,8-11,14,16H,1-2,6-7,12-13H2,(H,22,23)/t16-/m1/s1. The second-order valence-electron chi connectivity index (χ2n) is 6.68. The molecule has 2 heterocycles. The molecule has 4 nitrogen and oxygen atoms in total. The van der Waals surface area contributed by atoms with E-state index in [-0.39, 0.29) is 17.9 Å². The molecule has 1 aliphatic heterocycles. The quantitative estimate of drug-likeness (QED) is 0.939. The summed E-state index contributed by atoms with van der Waals surface area (Å²) in [6, 6.07) is 12.1. The molecular weight excluding hydrogens is 300 g/mol. The molecule has 24 heavy (non-hydrogen) atoms. The van der Waals surface area contributed by atoms with Gasteiger partial charge in [-0.2, -0.15) is 0 Å². The minimum absolute atomic E-state index is 0.00946. The third kappa shape index (κ3) is 3.01. The summed E-state index contributed by atoms with van der Waals surface area (Å²) in [6.45, 7) is 0.575. The van der Waals surface area contributed by atoms with Crippen molar-refractivity contribution >= 4 is 5.91 Å². The minimum Gasteiger partial charge on any atom is -0.487 e. The summed E-state index contributed by atoms with van der Waals surface area (Å²) in [5.74, 6) is 1.31. The van der Waals surface area contributed by atoms with E-state index in [4.69, 9.17) is 4.74 Å². The zero-order chi connectivity index (χ0) is 16.4. The molecule has 1 atom stereocenters. The fourth-order valence-electron chi connectivity index (χ4n) is 3.72. The van der Waals surface area contributed by atoms with Crippen molar-refractivity contribution in [3.05, 3.63) is 48.2 Å². The highest BCUT2D eigenvalue weighted by molar-refractivity contribution is 5.79. The van der Waals surface area contributed by atoms with Crippen molar-refractivity contribution in [1.29, 1.82) is 0 Å². The van der Waals surface area contributed by atoms with Crippen LogP contribution in [0.1, 0.15) is 31.2 Å². The summed E-state index contributed by atoms with van der Waals surface area (Å²) in [7, 11) is 0. The Balaban J connectivity index is 1.43. The summed E-state index contributed by atoms with van der Waals surface area (Å²) in [6.07, 6.45) is 7.05. The predicted molar refractivity (Wildman–Crippen MR) is 92.8 cm³/mol. The van der Waals surface area contributed by atoms with E-state index in [9.17, 15) is 4.79 Å². The molecule has 1 N–H and O–H groups in total. The summed E-state index contributed by atoms with van der Waals surface area (Å²) >= 11 is 0. The first-order valence-electron chi connectivity index (χ1n) is 8.79. The molecule has 4 heteroatoms. The van der Waals surface area contributed by atoms with Gasteiger partial charge < -0.3 is 10.1 Å².